The van der Waals surface area contributed by atoms with E-state index in [-0.39, 0.29) is 22.9 Å². The first-order valence-electron chi connectivity index (χ1n) is 7.63. The van der Waals surface area contributed by atoms with Gasteiger partial charge >= 0.3 is 5.97 Å². The molecule has 3 aliphatic rings. The summed E-state index contributed by atoms with van der Waals surface area (Å²) in [5.74, 6) is -1.84. The number of aromatic nitrogens is 2. The molecule has 0 spiro atoms. The van der Waals surface area contributed by atoms with Crippen molar-refractivity contribution in [3.05, 3.63) is 28.8 Å². The minimum absolute atomic E-state index is 0.0971. The van der Waals surface area contributed by atoms with Crippen LogP contribution >= 0.6 is 11.8 Å². The number of aliphatic hydroxyl groups excluding tert-OH is 1. The maximum Gasteiger partial charge on any atom is 0.353 e. The second-order valence-electron chi connectivity index (χ2n) is 6.23. The molecule has 1 fully saturated rings. The van der Waals surface area contributed by atoms with Crippen LogP contribution in [-0.4, -0.2) is 48.7 Å². The van der Waals surface area contributed by atoms with Gasteiger partial charge in [0.2, 0.25) is 5.91 Å². The fourth-order valence-corrected chi connectivity index (χ4v) is 5.27. The average molecular weight is 335 g/mol. The van der Waals surface area contributed by atoms with Gasteiger partial charge in [0.1, 0.15) is 5.70 Å². The molecule has 0 aliphatic carbocycles. The highest BCUT2D eigenvalue weighted by molar-refractivity contribution is 8.03. The van der Waals surface area contributed by atoms with Crippen molar-refractivity contribution in [2.24, 2.45) is 5.92 Å². The van der Waals surface area contributed by atoms with E-state index in [1.807, 2.05) is 6.20 Å². The van der Waals surface area contributed by atoms with Gasteiger partial charge in [0.15, 0.2) is 0 Å². The van der Waals surface area contributed by atoms with Gasteiger partial charge in [0.05, 0.1) is 35.3 Å². The van der Waals surface area contributed by atoms with E-state index in [1.54, 1.807) is 13.3 Å². The summed E-state index contributed by atoms with van der Waals surface area (Å²) in [6.07, 6.45) is 4.29. The molecular formula is C15H17N3O4S. The lowest BCUT2D eigenvalue weighted by Gasteiger charge is -2.44. The molecule has 4 heterocycles. The Hall–Kier alpha value is -1.80. The summed E-state index contributed by atoms with van der Waals surface area (Å²) in [6, 6.07) is -0.220. The van der Waals surface area contributed by atoms with Gasteiger partial charge in [-0.2, -0.15) is 0 Å². The number of carboxylic acids is 1. The van der Waals surface area contributed by atoms with Crippen molar-refractivity contribution in [1.29, 1.82) is 0 Å². The van der Waals surface area contributed by atoms with Crippen molar-refractivity contribution in [2.45, 2.75) is 43.7 Å². The summed E-state index contributed by atoms with van der Waals surface area (Å²) in [7, 11) is 0. The molecule has 0 saturated carbocycles. The fraction of sp³-hybridized carbons (Fsp3) is 0.533. The normalized spacial score (nSPS) is 30.3. The monoisotopic (exact) mass is 335 g/mol. The zero-order valence-corrected chi connectivity index (χ0v) is 13.4. The number of thioether (sulfide) groups is 1. The highest BCUT2D eigenvalue weighted by Gasteiger charge is 2.57. The number of aliphatic carboxylic acids is 1. The van der Waals surface area contributed by atoms with Crippen LogP contribution < -0.4 is 0 Å². The van der Waals surface area contributed by atoms with Crippen LogP contribution in [0.2, 0.25) is 0 Å². The molecule has 4 atom stereocenters. The Balaban J connectivity index is 1.61. The van der Waals surface area contributed by atoms with E-state index in [0.717, 1.165) is 23.6 Å². The van der Waals surface area contributed by atoms with Gasteiger partial charge in [-0.05, 0) is 13.3 Å². The van der Waals surface area contributed by atoms with E-state index in [0.29, 0.717) is 6.42 Å². The number of carboxylic acid groups (broad SMARTS) is 1. The first-order chi connectivity index (χ1) is 11.0. The third-order valence-corrected chi connectivity index (χ3v) is 6.29. The maximum atomic E-state index is 12.2. The minimum atomic E-state index is -1.07. The molecule has 1 aromatic rings. The number of nitrogens with zero attached hydrogens (tertiary/aromatic N) is 3. The molecule has 0 aromatic carbocycles. The Kier molecular flexibility index (Phi) is 3.28. The van der Waals surface area contributed by atoms with Gasteiger partial charge in [-0.15, -0.1) is 11.8 Å². The average Bonchev–Trinajstić information content (AvgIpc) is 3.13. The van der Waals surface area contributed by atoms with Crippen LogP contribution in [0.25, 0.3) is 0 Å². The maximum absolute atomic E-state index is 12.2. The molecule has 7 nitrogen and oxygen atoms in total. The smallest absolute Gasteiger partial charge is 0.353 e. The van der Waals surface area contributed by atoms with Crippen molar-refractivity contribution in [2.75, 3.05) is 0 Å². The lowest BCUT2D eigenvalue weighted by atomic mass is 9.83. The van der Waals surface area contributed by atoms with E-state index < -0.39 is 18.0 Å². The van der Waals surface area contributed by atoms with Crippen LogP contribution in [0.5, 0.6) is 0 Å². The Bertz CT molecular complexity index is 726. The summed E-state index contributed by atoms with van der Waals surface area (Å²) in [4.78, 5) is 30.1. The number of β-lactam (4-membered cyclic amide) rings is 1. The van der Waals surface area contributed by atoms with Crippen molar-refractivity contribution in [3.8, 4) is 0 Å². The van der Waals surface area contributed by atoms with E-state index in [4.69, 9.17) is 0 Å². The van der Waals surface area contributed by atoms with Crippen molar-refractivity contribution in [1.82, 2.24) is 14.5 Å². The summed E-state index contributed by atoms with van der Waals surface area (Å²) in [6.45, 7) is 2.46. The number of hydrogen-bond acceptors (Lipinski definition) is 5. The summed E-state index contributed by atoms with van der Waals surface area (Å²) in [5.41, 5.74) is 1.19. The molecule has 3 aliphatic heterocycles. The number of hydrogen-bond donors (Lipinski definition) is 2. The molecule has 2 N–H and O–H groups in total. The number of aliphatic hydroxyl groups is 1. The number of fused-ring (bicyclic) bond motifs is 2. The van der Waals surface area contributed by atoms with Crippen molar-refractivity contribution >= 4 is 23.6 Å². The largest absolute Gasteiger partial charge is 0.477 e. The number of amides is 1. The molecule has 2 unspecified atom stereocenters. The quantitative estimate of drug-likeness (QED) is 0.796. The summed E-state index contributed by atoms with van der Waals surface area (Å²) in [5, 5.41) is 19.5. The van der Waals surface area contributed by atoms with Crippen LogP contribution in [0.1, 0.15) is 30.7 Å². The standard InChI is InChI=1S/C15H17N3O4S/c1-7(19)12-8-4-11(13(15(21)22)18(8)14(12)20)23-10-2-3-17-6-16-5-9(10)17/h5-8,10,12,19H,2-4H2,1H3,(H,21,22)/t7?,8-,10?,12-/m1/s1. The molecule has 0 radical (unpaired) electrons. The molecule has 23 heavy (non-hydrogen) atoms. The predicted molar refractivity (Wildman–Crippen MR) is 82.3 cm³/mol. The first kappa shape index (κ1) is 14.8. The highest BCUT2D eigenvalue weighted by Crippen LogP contribution is 2.51. The number of imidazole rings is 1. The first-order valence-corrected chi connectivity index (χ1v) is 8.51. The second-order valence-corrected chi connectivity index (χ2v) is 7.53. The van der Waals surface area contributed by atoms with E-state index in [2.05, 4.69) is 9.55 Å². The van der Waals surface area contributed by atoms with E-state index in [1.165, 1.54) is 16.7 Å². The summed E-state index contributed by atoms with van der Waals surface area (Å²) >= 11 is 1.52. The molecule has 1 aromatic heterocycles. The van der Waals surface area contributed by atoms with Crippen LogP contribution in [0.3, 0.4) is 0 Å². The lowest BCUT2D eigenvalue weighted by Crippen LogP contribution is -2.61. The molecule has 4 rings (SSSR count). The van der Waals surface area contributed by atoms with Gasteiger partial charge in [0, 0.05) is 24.1 Å². The molecule has 0 bridgehead atoms. The Labute approximate surface area is 137 Å². The molecule has 1 saturated heterocycles. The lowest BCUT2D eigenvalue weighted by molar-refractivity contribution is -0.161. The number of aryl methyl sites for hydroxylation is 1. The van der Waals surface area contributed by atoms with Crippen LogP contribution in [0, 0.1) is 5.92 Å². The summed E-state index contributed by atoms with van der Waals surface area (Å²) < 4.78 is 2.08. The third kappa shape index (κ3) is 2.05. The SMILES string of the molecule is CC(O)[C@H]1C(=O)N2C(C(=O)O)=C(SC3CCn4cncc43)C[C@H]12. The van der Waals surface area contributed by atoms with Crippen LogP contribution in [-0.2, 0) is 16.1 Å². The number of carbonyl (C=O) groups is 2. The van der Waals surface area contributed by atoms with Crippen molar-refractivity contribution < 1.29 is 19.8 Å². The zero-order chi connectivity index (χ0) is 16.3. The van der Waals surface area contributed by atoms with E-state index >= 15 is 0 Å². The van der Waals surface area contributed by atoms with Crippen LogP contribution in [0.4, 0.5) is 0 Å². The van der Waals surface area contributed by atoms with Gasteiger partial charge in [0.25, 0.3) is 0 Å². The van der Waals surface area contributed by atoms with E-state index in [9.17, 15) is 19.8 Å². The van der Waals surface area contributed by atoms with Gasteiger partial charge in [-0.3, -0.25) is 4.79 Å². The molecule has 122 valence electrons. The third-order valence-electron chi connectivity index (χ3n) is 4.88. The van der Waals surface area contributed by atoms with Crippen molar-refractivity contribution in [3.63, 3.8) is 0 Å². The Morgan fingerprint density at radius 1 is 1.52 bits per heavy atom. The van der Waals surface area contributed by atoms with Gasteiger partial charge in [-0.25, -0.2) is 9.78 Å². The Morgan fingerprint density at radius 2 is 2.30 bits per heavy atom. The fourth-order valence-electron chi connectivity index (χ4n) is 3.82. The molecule has 8 heteroatoms. The zero-order valence-electron chi connectivity index (χ0n) is 12.5. The number of rotatable bonds is 4. The van der Waals surface area contributed by atoms with Crippen LogP contribution in [0.15, 0.2) is 23.1 Å². The number of carbonyl (C=O) groups excluding carboxylic acids is 1. The van der Waals surface area contributed by atoms with Gasteiger partial charge < -0.3 is 19.7 Å². The second kappa shape index (κ2) is 5.10. The van der Waals surface area contributed by atoms with Gasteiger partial charge in [-0.1, -0.05) is 0 Å². The topological polar surface area (TPSA) is 95.7 Å². The Morgan fingerprint density at radius 3 is 3.00 bits per heavy atom. The predicted octanol–water partition coefficient (Wildman–Crippen LogP) is 0.969. The molecular weight excluding hydrogens is 318 g/mol. The molecule has 1 amide bonds. The minimum Gasteiger partial charge on any atom is -0.477 e. The highest BCUT2D eigenvalue weighted by atomic mass is 32.2.